The number of nitrogens with zero attached hydrogens (tertiary/aromatic N) is 3. The summed E-state index contributed by atoms with van der Waals surface area (Å²) in [6, 6.07) is 3.86. The van der Waals surface area contributed by atoms with Crippen molar-refractivity contribution < 1.29 is 13.9 Å². The number of carbonyl (C=O) groups excluding carboxylic acids is 1. The van der Waals surface area contributed by atoms with Gasteiger partial charge in [0.25, 0.3) is 5.91 Å². The minimum Gasteiger partial charge on any atom is -0.460 e. The summed E-state index contributed by atoms with van der Waals surface area (Å²) in [5, 5.41) is 4.88. The van der Waals surface area contributed by atoms with Crippen LogP contribution in [0, 0.1) is 12.8 Å². The van der Waals surface area contributed by atoms with Crippen LogP contribution in [-0.4, -0.2) is 43.4 Å². The molecule has 0 bridgehead atoms. The van der Waals surface area contributed by atoms with Crippen LogP contribution in [-0.2, 0) is 4.74 Å². The van der Waals surface area contributed by atoms with E-state index in [1.54, 1.807) is 0 Å². The maximum atomic E-state index is 12.4. The Morgan fingerprint density at radius 3 is 2.92 bits per heavy atom. The smallest absolute Gasteiger partial charge is 0.283 e. The molecule has 2 aromatic rings. The van der Waals surface area contributed by atoms with Crippen LogP contribution in [0.2, 0.25) is 0 Å². The molecule has 1 amide bonds. The van der Waals surface area contributed by atoms with Crippen molar-refractivity contribution in [3.8, 4) is 0 Å². The van der Waals surface area contributed by atoms with Crippen molar-refractivity contribution in [3.05, 3.63) is 34.2 Å². The van der Waals surface area contributed by atoms with E-state index < -0.39 is 0 Å². The first kappa shape index (κ1) is 17.2. The molecule has 2 fully saturated rings. The molecular formula is C18H22N4O3S. The van der Waals surface area contributed by atoms with Crippen LogP contribution in [0.3, 0.4) is 0 Å². The van der Waals surface area contributed by atoms with Crippen molar-refractivity contribution in [2.24, 2.45) is 11.0 Å². The molecule has 0 aromatic carbocycles. The number of carbonyl (C=O) groups is 1. The molecule has 1 saturated heterocycles. The molecule has 2 aliphatic rings. The lowest BCUT2D eigenvalue weighted by Gasteiger charge is -2.25. The number of hydrogen-bond donors (Lipinski definition) is 1. The molecule has 2 aromatic heterocycles. The van der Waals surface area contributed by atoms with E-state index in [4.69, 9.17) is 9.15 Å². The van der Waals surface area contributed by atoms with Gasteiger partial charge in [0.15, 0.2) is 5.13 Å². The average Bonchev–Trinajstić information content (AvgIpc) is 3.05. The van der Waals surface area contributed by atoms with Gasteiger partial charge in [0.1, 0.15) is 16.4 Å². The Hall–Kier alpha value is -2.19. The predicted octanol–water partition coefficient (Wildman–Crippen LogP) is 2.77. The number of amides is 1. The summed E-state index contributed by atoms with van der Waals surface area (Å²) >= 11 is 1.39. The van der Waals surface area contributed by atoms with Gasteiger partial charge < -0.3 is 14.1 Å². The van der Waals surface area contributed by atoms with Crippen molar-refractivity contribution in [3.63, 3.8) is 0 Å². The first-order chi connectivity index (χ1) is 12.6. The second-order valence-electron chi connectivity index (χ2n) is 6.77. The van der Waals surface area contributed by atoms with Gasteiger partial charge in [-0.05, 0) is 31.4 Å². The molecule has 3 heterocycles. The lowest BCUT2D eigenvalue weighted by Crippen LogP contribution is -2.36. The van der Waals surface area contributed by atoms with Gasteiger partial charge in [0.05, 0.1) is 25.1 Å². The number of furan rings is 1. The molecule has 0 radical (unpaired) electrons. The van der Waals surface area contributed by atoms with Crippen LogP contribution in [0.15, 0.2) is 21.7 Å². The van der Waals surface area contributed by atoms with Gasteiger partial charge in [-0.25, -0.2) is 10.4 Å². The van der Waals surface area contributed by atoms with Crippen LogP contribution in [0.5, 0.6) is 0 Å². The van der Waals surface area contributed by atoms with Gasteiger partial charge in [0.2, 0.25) is 0 Å². The molecule has 1 aliphatic carbocycles. The molecule has 0 spiro atoms. The largest absolute Gasteiger partial charge is 0.460 e. The van der Waals surface area contributed by atoms with E-state index in [1.165, 1.54) is 24.0 Å². The number of aryl methyl sites for hydroxylation is 1. The highest BCUT2D eigenvalue weighted by Crippen LogP contribution is 2.47. The van der Waals surface area contributed by atoms with E-state index in [0.29, 0.717) is 41.4 Å². The summed E-state index contributed by atoms with van der Waals surface area (Å²) in [6.45, 7) is 7.03. The van der Waals surface area contributed by atoms with Crippen LogP contribution < -0.4 is 10.3 Å². The number of rotatable bonds is 5. The average molecular weight is 374 g/mol. The Bertz CT molecular complexity index is 822. The molecule has 2 atom stereocenters. The van der Waals surface area contributed by atoms with Crippen LogP contribution in [0.1, 0.15) is 46.1 Å². The summed E-state index contributed by atoms with van der Waals surface area (Å²) in [5.74, 6) is 2.62. The van der Waals surface area contributed by atoms with Crippen LogP contribution in [0.25, 0.3) is 0 Å². The van der Waals surface area contributed by atoms with Crippen molar-refractivity contribution in [2.75, 3.05) is 31.2 Å². The Labute approximate surface area is 156 Å². The zero-order valence-electron chi connectivity index (χ0n) is 14.9. The summed E-state index contributed by atoms with van der Waals surface area (Å²) in [4.78, 5) is 19.6. The first-order valence-electron chi connectivity index (χ1n) is 8.85. The summed E-state index contributed by atoms with van der Waals surface area (Å²) in [6.07, 6.45) is 2.71. The predicted molar refractivity (Wildman–Crippen MR) is 100 cm³/mol. The van der Waals surface area contributed by atoms with Crippen LogP contribution in [0.4, 0.5) is 5.13 Å². The quantitative estimate of drug-likeness (QED) is 0.643. The number of thiazole rings is 1. The van der Waals surface area contributed by atoms with E-state index >= 15 is 0 Å². The van der Waals surface area contributed by atoms with Gasteiger partial charge in [-0.15, -0.1) is 0 Å². The number of aromatic nitrogens is 1. The van der Waals surface area contributed by atoms with Gasteiger partial charge in [-0.1, -0.05) is 18.3 Å². The highest BCUT2D eigenvalue weighted by atomic mass is 32.1. The highest BCUT2D eigenvalue weighted by Gasteiger charge is 2.36. The normalized spacial score (nSPS) is 22.8. The number of ether oxygens (including phenoxy) is 1. The number of hydrazone groups is 1. The standard InChI is InChI=1S/C18H22N4O3S/c1-11-9-14(11)15-4-3-13(25-15)10-19-21-17(23)16-12(2)20-18(26-16)22-5-7-24-8-6-22/h3-4,10-11,14H,5-9H2,1-2H3,(H,21,23)/b19-10-/t11-,14-/m1/s1. The van der Waals surface area contributed by atoms with Crippen molar-refractivity contribution in [1.82, 2.24) is 10.4 Å². The molecular weight excluding hydrogens is 352 g/mol. The fourth-order valence-electron chi connectivity index (χ4n) is 3.04. The molecule has 1 N–H and O–H groups in total. The SMILES string of the molecule is Cc1nc(N2CCOCC2)sc1C(=O)N/N=C\c1ccc([C@@H]2C[C@H]2C)o1. The van der Waals surface area contributed by atoms with E-state index in [-0.39, 0.29) is 5.91 Å². The van der Waals surface area contributed by atoms with Gasteiger partial charge in [0, 0.05) is 19.0 Å². The Morgan fingerprint density at radius 2 is 2.19 bits per heavy atom. The van der Waals surface area contributed by atoms with Crippen molar-refractivity contribution >= 4 is 28.6 Å². The van der Waals surface area contributed by atoms with Gasteiger partial charge >= 0.3 is 0 Å². The minimum atomic E-state index is -0.252. The van der Waals surface area contributed by atoms with E-state index in [9.17, 15) is 4.79 Å². The lowest BCUT2D eigenvalue weighted by molar-refractivity contribution is 0.0958. The zero-order valence-corrected chi connectivity index (χ0v) is 15.7. The molecule has 0 unspecified atom stereocenters. The Balaban J connectivity index is 1.37. The maximum absolute atomic E-state index is 12.4. The van der Waals surface area contributed by atoms with Gasteiger partial charge in [-0.2, -0.15) is 5.10 Å². The van der Waals surface area contributed by atoms with E-state index in [2.05, 4.69) is 27.3 Å². The lowest BCUT2D eigenvalue weighted by atomic mass is 10.3. The second kappa shape index (κ2) is 7.20. The fourth-order valence-corrected chi connectivity index (χ4v) is 4.05. The molecule has 7 nitrogen and oxygen atoms in total. The van der Waals surface area contributed by atoms with E-state index in [1.807, 2.05) is 19.1 Å². The van der Waals surface area contributed by atoms with E-state index in [0.717, 1.165) is 24.0 Å². The summed E-state index contributed by atoms with van der Waals surface area (Å²) < 4.78 is 11.1. The second-order valence-corrected chi connectivity index (χ2v) is 7.75. The van der Waals surface area contributed by atoms with Gasteiger partial charge in [-0.3, -0.25) is 4.79 Å². The third-order valence-corrected chi connectivity index (χ3v) is 5.97. The first-order valence-corrected chi connectivity index (χ1v) is 9.66. The third-order valence-electron chi connectivity index (χ3n) is 4.75. The number of morpholine rings is 1. The fraction of sp³-hybridized carbons (Fsp3) is 0.500. The Kier molecular flexibility index (Phi) is 4.78. The molecule has 8 heteroatoms. The monoisotopic (exact) mass is 374 g/mol. The molecule has 4 rings (SSSR count). The van der Waals surface area contributed by atoms with Crippen molar-refractivity contribution in [1.29, 1.82) is 0 Å². The third kappa shape index (κ3) is 3.66. The summed E-state index contributed by atoms with van der Waals surface area (Å²) in [7, 11) is 0. The molecule has 138 valence electrons. The molecule has 26 heavy (non-hydrogen) atoms. The molecule has 1 aliphatic heterocycles. The Morgan fingerprint density at radius 1 is 1.42 bits per heavy atom. The maximum Gasteiger partial charge on any atom is 0.283 e. The number of nitrogens with one attached hydrogen (secondary N) is 1. The number of anilines is 1. The summed E-state index contributed by atoms with van der Waals surface area (Å²) in [5.41, 5.74) is 3.28. The zero-order chi connectivity index (χ0) is 18.1. The molecule has 1 saturated carbocycles. The van der Waals surface area contributed by atoms with Crippen LogP contribution >= 0.6 is 11.3 Å². The number of hydrogen-bond acceptors (Lipinski definition) is 7. The topological polar surface area (TPSA) is 80.0 Å². The minimum absolute atomic E-state index is 0.252. The van der Waals surface area contributed by atoms with Crippen molar-refractivity contribution in [2.45, 2.75) is 26.2 Å². The highest BCUT2D eigenvalue weighted by molar-refractivity contribution is 7.17.